The summed E-state index contributed by atoms with van der Waals surface area (Å²) in [7, 11) is 3.05. The number of benzene rings is 2. The highest BCUT2D eigenvalue weighted by molar-refractivity contribution is 6.34. The number of hydrogen-bond donors (Lipinski definition) is 1. The zero-order valence-electron chi connectivity index (χ0n) is 13.9. The SMILES string of the molecule is COc1ccc(C2=C(O)C(=O)N(Cc3ccccc3OC)C2=O)cc1. The van der Waals surface area contributed by atoms with E-state index >= 15 is 0 Å². The molecule has 0 fully saturated rings. The molecule has 0 saturated heterocycles. The van der Waals surface area contributed by atoms with Crippen LogP contribution in [0.1, 0.15) is 11.1 Å². The molecule has 1 aliphatic heterocycles. The number of hydrogen-bond acceptors (Lipinski definition) is 5. The van der Waals surface area contributed by atoms with Crippen LogP contribution >= 0.6 is 0 Å². The van der Waals surface area contributed by atoms with E-state index in [9.17, 15) is 14.7 Å². The van der Waals surface area contributed by atoms with Crippen LogP contribution in [-0.2, 0) is 16.1 Å². The van der Waals surface area contributed by atoms with Crippen molar-refractivity contribution >= 4 is 17.4 Å². The molecule has 0 atom stereocenters. The number of aliphatic hydroxyl groups is 1. The van der Waals surface area contributed by atoms with Crippen LogP contribution in [0.4, 0.5) is 0 Å². The molecule has 0 aromatic heterocycles. The highest BCUT2D eigenvalue weighted by Gasteiger charge is 2.39. The van der Waals surface area contributed by atoms with Gasteiger partial charge >= 0.3 is 0 Å². The molecule has 0 bridgehead atoms. The van der Waals surface area contributed by atoms with Crippen LogP contribution in [0.5, 0.6) is 11.5 Å². The van der Waals surface area contributed by atoms with Gasteiger partial charge in [0, 0.05) is 5.56 Å². The molecular formula is C19H17NO5. The number of methoxy groups -OCH3 is 2. The van der Waals surface area contributed by atoms with Crippen LogP contribution < -0.4 is 9.47 Å². The highest BCUT2D eigenvalue weighted by Crippen LogP contribution is 2.31. The van der Waals surface area contributed by atoms with Gasteiger partial charge in [-0.25, -0.2) is 0 Å². The predicted molar refractivity (Wildman–Crippen MR) is 91.1 cm³/mol. The van der Waals surface area contributed by atoms with Crippen molar-refractivity contribution in [2.75, 3.05) is 14.2 Å². The molecular weight excluding hydrogens is 322 g/mol. The Balaban J connectivity index is 1.90. The average molecular weight is 339 g/mol. The van der Waals surface area contributed by atoms with E-state index in [4.69, 9.17) is 9.47 Å². The molecule has 1 heterocycles. The Hall–Kier alpha value is -3.28. The molecule has 128 valence electrons. The number of rotatable bonds is 5. The summed E-state index contributed by atoms with van der Waals surface area (Å²) < 4.78 is 10.3. The summed E-state index contributed by atoms with van der Waals surface area (Å²) in [5, 5.41) is 10.2. The summed E-state index contributed by atoms with van der Waals surface area (Å²) >= 11 is 0. The van der Waals surface area contributed by atoms with Gasteiger partial charge in [0.1, 0.15) is 11.5 Å². The minimum absolute atomic E-state index is 0.0115. The summed E-state index contributed by atoms with van der Waals surface area (Å²) in [4.78, 5) is 26.1. The fourth-order valence-corrected chi connectivity index (χ4v) is 2.73. The Bertz CT molecular complexity index is 854. The lowest BCUT2D eigenvalue weighted by atomic mass is 10.1. The molecule has 2 aromatic rings. The maximum atomic E-state index is 12.7. The minimum atomic E-state index is -0.721. The van der Waals surface area contributed by atoms with Gasteiger partial charge in [0.15, 0.2) is 5.76 Å². The average Bonchev–Trinajstić information content (AvgIpc) is 2.86. The van der Waals surface area contributed by atoms with Crippen molar-refractivity contribution in [2.24, 2.45) is 0 Å². The number of ether oxygens (including phenoxy) is 2. The standard InChI is InChI=1S/C19H17NO5/c1-24-14-9-7-12(8-10-14)16-17(21)19(23)20(18(16)22)11-13-5-3-4-6-15(13)25-2/h3-10,21H,11H2,1-2H3. The smallest absolute Gasteiger partial charge is 0.296 e. The normalized spacial score (nSPS) is 14.2. The quantitative estimate of drug-likeness (QED) is 0.847. The molecule has 0 radical (unpaired) electrons. The second-order valence-electron chi connectivity index (χ2n) is 5.46. The van der Waals surface area contributed by atoms with Crippen molar-refractivity contribution < 1.29 is 24.2 Å². The Morgan fingerprint density at radius 3 is 2.24 bits per heavy atom. The van der Waals surface area contributed by atoms with E-state index in [0.29, 0.717) is 22.6 Å². The summed E-state index contributed by atoms with van der Waals surface area (Å²) in [6.07, 6.45) is 0. The van der Waals surface area contributed by atoms with Gasteiger partial charge in [-0.2, -0.15) is 0 Å². The number of imide groups is 1. The van der Waals surface area contributed by atoms with E-state index < -0.39 is 17.6 Å². The Morgan fingerprint density at radius 2 is 1.60 bits per heavy atom. The number of carbonyl (C=O) groups is 2. The largest absolute Gasteiger partial charge is 0.502 e. The lowest BCUT2D eigenvalue weighted by molar-refractivity contribution is -0.138. The molecule has 6 heteroatoms. The van der Waals surface area contributed by atoms with Crippen LogP contribution in [0.3, 0.4) is 0 Å². The van der Waals surface area contributed by atoms with Gasteiger partial charge in [0.05, 0.1) is 26.3 Å². The molecule has 2 amide bonds. The summed E-state index contributed by atoms with van der Waals surface area (Å²) in [5.41, 5.74) is 1.12. The third kappa shape index (κ3) is 2.94. The summed E-state index contributed by atoms with van der Waals surface area (Å²) in [5.74, 6) is -0.627. The van der Waals surface area contributed by atoms with Crippen LogP contribution in [0.15, 0.2) is 54.3 Å². The number of aliphatic hydroxyl groups excluding tert-OH is 1. The van der Waals surface area contributed by atoms with E-state index in [2.05, 4.69) is 0 Å². The fourth-order valence-electron chi connectivity index (χ4n) is 2.73. The van der Waals surface area contributed by atoms with Crippen molar-refractivity contribution in [1.29, 1.82) is 0 Å². The van der Waals surface area contributed by atoms with Crippen LogP contribution in [0.2, 0.25) is 0 Å². The van der Waals surface area contributed by atoms with Crippen molar-refractivity contribution in [2.45, 2.75) is 6.54 Å². The third-order valence-corrected chi connectivity index (χ3v) is 4.04. The van der Waals surface area contributed by atoms with E-state index in [-0.39, 0.29) is 12.1 Å². The van der Waals surface area contributed by atoms with Crippen molar-refractivity contribution in [3.63, 3.8) is 0 Å². The topological polar surface area (TPSA) is 76.1 Å². The molecule has 3 rings (SSSR count). The molecule has 25 heavy (non-hydrogen) atoms. The lowest BCUT2D eigenvalue weighted by Crippen LogP contribution is -2.31. The number of para-hydroxylation sites is 1. The second kappa shape index (κ2) is 6.68. The van der Waals surface area contributed by atoms with Crippen molar-refractivity contribution in [3.05, 3.63) is 65.4 Å². The molecule has 0 saturated carbocycles. The van der Waals surface area contributed by atoms with Gasteiger partial charge in [0.25, 0.3) is 11.8 Å². The van der Waals surface area contributed by atoms with Gasteiger partial charge in [-0.1, -0.05) is 30.3 Å². The zero-order valence-corrected chi connectivity index (χ0v) is 13.9. The van der Waals surface area contributed by atoms with Crippen molar-refractivity contribution in [1.82, 2.24) is 4.90 Å². The maximum absolute atomic E-state index is 12.7. The van der Waals surface area contributed by atoms with Crippen molar-refractivity contribution in [3.8, 4) is 11.5 Å². The highest BCUT2D eigenvalue weighted by atomic mass is 16.5. The predicted octanol–water partition coefficient (Wildman–Crippen LogP) is 2.54. The monoisotopic (exact) mass is 339 g/mol. The van der Waals surface area contributed by atoms with Gasteiger partial charge in [-0.05, 0) is 23.8 Å². The van der Waals surface area contributed by atoms with Gasteiger partial charge in [-0.3, -0.25) is 14.5 Å². The van der Waals surface area contributed by atoms with E-state index in [0.717, 1.165) is 4.90 Å². The molecule has 6 nitrogen and oxygen atoms in total. The molecule has 2 aromatic carbocycles. The number of nitrogens with zero attached hydrogens (tertiary/aromatic N) is 1. The molecule has 1 aliphatic rings. The maximum Gasteiger partial charge on any atom is 0.296 e. The van der Waals surface area contributed by atoms with Crippen LogP contribution in [0, 0.1) is 0 Å². The molecule has 0 spiro atoms. The summed E-state index contributed by atoms with van der Waals surface area (Å²) in [6.45, 7) is 0.0192. The first-order valence-electron chi connectivity index (χ1n) is 7.62. The summed E-state index contributed by atoms with van der Waals surface area (Å²) in [6, 6.07) is 13.7. The van der Waals surface area contributed by atoms with Gasteiger partial charge in [0.2, 0.25) is 0 Å². The Labute approximate surface area is 144 Å². The van der Waals surface area contributed by atoms with Crippen LogP contribution in [0.25, 0.3) is 5.57 Å². The molecule has 1 N–H and O–H groups in total. The Morgan fingerprint density at radius 1 is 0.920 bits per heavy atom. The first kappa shape index (κ1) is 16.6. The second-order valence-corrected chi connectivity index (χ2v) is 5.46. The molecule has 0 aliphatic carbocycles. The van der Waals surface area contributed by atoms with Gasteiger partial charge < -0.3 is 14.6 Å². The zero-order chi connectivity index (χ0) is 18.0. The van der Waals surface area contributed by atoms with E-state index in [1.54, 1.807) is 48.5 Å². The van der Waals surface area contributed by atoms with E-state index in [1.807, 2.05) is 0 Å². The number of carbonyl (C=O) groups excluding carboxylic acids is 2. The van der Waals surface area contributed by atoms with Gasteiger partial charge in [-0.15, -0.1) is 0 Å². The lowest BCUT2D eigenvalue weighted by Gasteiger charge is -2.16. The Kier molecular flexibility index (Phi) is 4.43. The minimum Gasteiger partial charge on any atom is -0.502 e. The third-order valence-electron chi connectivity index (χ3n) is 4.04. The molecule has 0 unspecified atom stereocenters. The van der Waals surface area contributed by atoms with Crippen LogP contribution in [-0.4, -0.2) is 36.0 Å². The number of amides is 2. The van der Waals surface area contributed by atoms with E-state index in [1.165, 1.54) is 14.2 Å². The first-order chi connectivity index (χ1) is 12.1. The fraction of sp³-hybridized carbons (Fsp3) is 0.158. The first-order valence-corrected chi connectivity index (χ1v) is 7.62.